The third kappa shape index (κ3) is 3.17. The minimum absolute atomic E-state index is 0.0555. The Bertz CT molecular complexity index is 683. The van der Waals surface area contributed by atoms with Crippen LogP contribution in [0.5, 0.6) is 0 Å². The maximum atomic E-state index is 12.7. The molecule has 3 heterocycles. The number of imidazole rings is 1. The molecule has 1 aliphatic rings. The second-order valence-electron chi connectivity index (χ2n) is 6.22. The summed E-state index contributed by atoms with van der Waals surface area (Å²) >= 11 is 0. The Morgan fingerprint density at radius 3 is 2.65 bits per heavy atom. The molecule has 0 radical (unpaired) electrons. The molecule has 1 aliphatic heterocycles. The number of ether oxygens (including phenoxy) is 1. The summed E-state index contributed by atoms with van der Waals surface area (Å²) in [5.74, 6) is 1.19. The Morgan fingerprint density at radius 2 is 2.09 bits per heavy atom. The van der Waals surface area contributed by atoms with Crippen molar-refractivity contribution in [2.45, 2.75) is 25.8 Å². The molecule has 23 heavy (non-hydrogen) atoms. The molecule has 2 aromatic rings. The van der Waals surface area contributed by atoms with Gasteiger partial charge in [-0.25, -0.2) is 4.98 Å². The van der Waals surface area contributed by atoms with E-state index in [0.717, 1.165) is 37.6 Å². The van der Waals surface area contributed by atoms with Gasteiger partial charge in [0.25, 0.3) is 5.91 Å². The van der Waals surface area contributed by atoms with Crippen molar-refractivity contribution in [1.82, 2.24) is 19.4 Å². The number of carbonyl (C=O) groups is 1. The summed E-state index contributed by atoms with van der Waals surface area (Å²) < 4.78 is 9.36. The van der Waals surface area contributed by atoms with Crippen LogP contribution in [0.15, 0.2) is 24.5 Å². The lowest BCUT2D eigenvalue weighted by Crippen LogP contribution is -2.38. The zero-order valence-electron chi connectivity index (χ0n) is 14.0. The van der Waals surface area contributed by atoms with Gasteiger partial charge in [-0.2, -0.15) is 0 Å². The van der Waals surface area contributed by atoms with Crippen LogP contribution in [-0.4, -0.2) is 33.2 Å². The van der Waals surface area contributed by atoms with Crippen molar-refractivity contribution in [3.05, 3.63) is 41.7 Å². The highest BCUT2D eigenvalue weighted by molar-refractivity contribution is 5.93. The van der Waals surface area contributed by atoms with Gasteiger partial charge in [0.2, 0.25) is 0 Å². The molecule has 0 aliphatic carbocycles. The molecule has 0 bridgehead atoms. The van der Waals surface area contributed by atoms with Gasteiger partial charge in [-0.05, 0) is 37.8 Å². The summed E-state index contributed by atoms with van der Waals surface area (Å²) in [6.45, 7) is 3.47. The molecule has 1 fully saturated rings. The van der Waals surface area contributed by atoms with Crippen LogP contribution < -0.4 is 5.32 Å². The molecular formula is C17H24N4O2. The van der Waals surface area contributed by atoms with Gasteiger partial charge in [0.15, 0.2) is 0 Å². The van der Waals surface area contributed by atoms with Gasteiger partial charge in [-0.3, -0.25) is 4.79 Å². The lowest BCUT2D eigenvalue weighted by molar-refractivity contribution is 0.0498. The molecule has 0 aromatic carbocycles. The number of aromatic nitrogens is 3. The van der Waals surface area contributed by atoms with Gasteiger partial charge in [0.1, 0.15) is 11.5 Å². The number of nitrogens with zero attached hydrogens (tertiary/aromatic N) is 3. The number of nitrogens with one attached hydrogen (secondary N) is 1. The number of aryl methyl sites for hydroxylation is 2. The minimum Gasteiger partial charge on any atom is -0.381 e. The highest BCUT2D eigenvalue weighted by Crippen LogP contribution is 2.29. The Balaban J connectivity index is 1.85. The molecule has 1 N–H and O–H groups in total. The van der Waals surface area contributed by atoms with Crippen molar-refractivity contribution in [3.63, 3.8) is 0 Å². The first kappa shape index (κ1) is 15.8. The van der Waals surface area contributed by atoms with Crippen LogP contribution in [0.4, 0.5) is 0 Å². The van der Waals surface area contributed by atoms with E-state index in [2.05, 4.69) is 10.3 Å². The number of hydrogen-bond donors (Lipinski definition) is 1. The van der Waals surface area contributed by atoms with Crippen molar-refractivity contribution in [3.8, 4) is 0 Å². The predicted octanol–water partition coefficient (Wildman–Crippen LogP) is 1.96. The van der Waals surface area contributed by atoms with Crippen LogP contribution in [0, 0.1) is 12.8 Å². The molecule has 0 saturated carbocycles. The van der Waals surface area contributed by atoms with E-state index >= 15 is 0 Å². The molecule has 6 heteroatoms. The molecule has 0 spiro atoms. The molecule has 1 atom stereocenters. The summed E-state index contributed by atoms with van der Waals surface area (Å²) in [6, 6.07) is 3.73. The minimum atomic E-state index is -0.0957. The van der Waals surface area contributed by atoms with Crippen molar-refractivity contribution in [2.75, 3.05) is 13.2 Å². The van der Waals surface area contributed by atoms with Gasteiger partial charge in [0, 0.05) is 45.4 Å². The van der Waals surface area contributed by atoms with Crippen molar-refractivity contribution in [2.24, 2.45) is 20.0 Å². The third-order valence-electron chi connectivity index (χ3n) is 4.77. The van der Waals surface area contributed by atoms with Crippen molar-refractivity contribution < 1.29 is 9.53 Å². The van der Waals surface area contributed by atoms with Crippen molar-refractivity contribution >= 4 is 5.91 Å². The van der Waals surface area contributed by atoms with E-state index < -0.39 is 0 Å². The summed E-state index contributed by atoms with van der Waals surface area (Å²) in [5, 5.41) is 3.20. The standard InChI is InChI=1S/C17H24N4O2/c1-12-4-5-14(21(12)3)17(22)19-15(13-6-10-23-11-7-13)16-18-8-9-20(16)2/h4-5,8-9,13,15H,6-7,10-11H2,1-3H3,(H,19,22)/t15-/m0/s1. The highest BCUT2D eigenvalue weighted by Gasteiger charge is 2.30. The van der Waals surface area contributed by atoms with Crippen LogP contribution in [0.2, 0.25) is 0 Å². The topological polar surface area (TPSA) is 61.1 Å². The first-order valence-corrected chi connectivity index (χ1v) is 8.06. The van der Waals surface area contributed by atoms with Crippen LogP contribution in [0.1, 0.15) is 40.9 Å². The Kier molecular flexibility index (Phi) is 4.52. The average molecular weight is 316 g/mol. The van der Waals surface area contributed by atoms with Gasteiger partial charge in [-0.15, -0.1) is 0 Å². The van der Waals surface area contributed by atoms with E-state index in [0.29, 0.717) is 11.6 Å². The Morgan fingerprint density at radius 1 is 1.35 bits per heavy atom. The predicted molar refractivity (Wildman–Crippen MR) is 87.1 cm³/mol. The van der Waals surface area contributed by atoms with Gasteiger partial charge in [0.05, 0.1) is 6.04 Å². The third-order valence-corrected chi connectivity index (χ3v) is 4.77. The molecular weight excluding hydrogens is 292 g/mol. The lowest BCUT2D eigenvalue weighted by atomic mass is 9.91. The fourth-order valence-electron chi connectivity index (χ4n) is 3.18. The molecule has 1 saturated heterocycles. The first-order valence-electron chi connectivity index (χ1n) is 8.06. The number of rotatable bonds is 4. The average Bonchev–Trinajstić information content (AvgIpc) is 3.12. The summed E-state index contributed by atoms with van der Waals surface area (Å²) in [5.41, 5.74) is 1.74. The summed E-state index contributed by atoms with van der Waals surface area (Å²) in [4.78, 5) is 17.2. The van der Waals surface area contributed by atoms with Gasteiger partial charge in [-0.1, -0.05) is 0 Å². The Hall–Kier alpha value is -2.08. The zero-order valence-corrected chi connectivity index (χ0v) is 14.0. The quantitative estimate of drug-likeness (QED) is 0.938. The van der Waals surface area contributed by atoms with E-state index in [1.165, 1.54) is 0 Å². The van der Waals surface area contributed by atoms with E-state index in [1.54, 1.807) is 6.20 Å². The molecule has 0 unspecified atom stereocenters. The summed E-state index contributed by atoms with van der Waals surface area (Å²) in [7, 11) is 3.88. The fraction of sp³-hybridized carbons (Fsp3) is 0.529. The first-order chi connectivity index (χ1) is 11.1. The fourth-order valence-corrected chi connectivity index (χ4v) is 3.18. The zero-order chi connectivity index (χ0) is 16.4. The van der Waals surface area contributed by atoms with E-state index in [9.17, 15) is 4.79 Å². The number of hydrogen-bond acceptors (Lipinski definition) is 3. The van der Waals surface area contributed by atoms with Gasteiger partial charge < -0.3 is 19.2 Å². The highest BCUT2D eigenvalue weighted by atomic mass is 16.5. The largest absolute Gasteiger partial charge is 0.381 e. The maximum Gasteiger partial charge on any atom is 0.268 e. The van der Waals surface area contributed by atoms with Crippen LogP contribution in [0.3, 0.4) is 0 Å². The number of amides is 1. The lowest BCUT2D eigenvalue weighted by Gasteiger charge is -2.30. The molecule has 1 amide bonds. The monoisotopic (exact) mass is 316 g/mol. The number of carbonyl (C=O) groups excluding carboxylic acids is 1. The van der Waals surface area contributed by atoms with E-state index in [4.69, 9.17) is 4.74 Å². The van der Waals surface area contributed by atoms with Crippen LogP contribution >= 0.6 is 0 Å². The van der Waals surface area contributed by atoms with Crippen LogP contribution in [0.25, 0.3) is 0 Å². The molecule has 6 nitrogen and oxygen atoms in total. The second-order valence-corrected chi connectivity index (χ2v) is 6.22. The normalized spacial score (nSPS) is 17.2. The maximum absolute atomic E-state index is 12.7. The molecule has 3 rings (SSSR count). The molecule has 2 aromatic heterocycles. The summed E-state index contributed by atoms with van der Waals surface area (Å²) in [6.07, 6.45) is 5.56. The SMILES string of the molecule is Cc1ccc(C(=O)N[C@H](c2nccn2C)C2CCOCC2)n1C. The van der Waals surface area contributed by atoms with Crippen molar-refractivity contribution in [1.29, 1.82) is 0 Å². The smallest absolute Gasteiger partial charge is 0.268 e. The Labute approximate surface area is 136 Å². The second kappa shape index (κ2) is 6.58. The van der Waals surface area contributed by atoms with E-state index in [-0.39, 0.29) is 11.9 Å². The van der Waals surface area contributed by atoms with E-state index in [1.807, 2.05) is 48.5 Å². The molecule has 124 valence electrons. The van der Waals surface area contributed by atoms with Gasteiger partial charge >= 0.3 is 0 Å². The van der Waals surface area contributed by atoms with Crippen LogP contribution in [-0.2, 0) is 18.8 Å².